The fourth-order valence-electron chi connectivity index (χ4n) is 3.01. The van der Waals surface area contributed by atoms with Gasteiger partial charge in [0.2, 0.25) is 0 Å². The zero-order valence-electron chi connectivity index (χ0n) is 15.3. The van der Waals surface area contributed by atoms with Crippen LogP contribution in [0.15, 0.2) is 30.3 Å². The minimum absolute atomic E-state index is 0.0500. The van der Waals surface area contributed by atoms with E-state index in [-0.39, 0.29) is 12.6 Å². The van der Waals surface area contributed by atoms with Crippen molar-refractivity contribution in [1.29, 1.82) is 0 Å². The Balaban J connectivity index is 1.99. The van der Waals surface area contributed by atoms with E-state index < -0.39 is 23.4 Å². The van der Waals surface area contributed by atoms with Gasteiger partial charge in [-0.1, -0.05) is 30.3 Å². The second kappa shape index (κ2) is 7.09. The number of hydrogen-bond donors (Lipinski definition) is 1. The Morgan fingerprint density at radius 1 is 1.33 bits per heavy atom. The lowest BCUT2D eigenvalue weighted by molar-refractivity contribution is -0.0288. The van der Waals surface area contributed by atoms with Crippen molar-refractivity contribution in [3.05, 3.63) is 35.9 Å². The predicted octanol–water partition coefficient (Wildman–Crippen LogP) is 3.90. The first-order chi connectivity index (χ1) is 11.1. The van der Waals surface area contributed by atoms with Gasteiger partial charge in [0.15, 0.2) is 0 Å². The smallest absolute Gasteiger partial charge is 0.410 e. The number of hydrogen-bond acceptors (Lipinski definition) is 3. The molecule has 1 aromatic carbocycles. The van der Waals surface area contributed by atoms with Gasteiger partial charge in [-0.05, 0) is 46.6 Å². The van der Waals surface area contributed by atoms with Crippen LogP contribution in [0.4, 0.5) is 9.18 Å². The number of likely N-dealkylation sites (tertiary alicyclic amines) is 1. The number of ether oxygens (including phenoxy) is 1. The zero-order chi connectivity index (χ0) is 18.0. The fourth-order valence-corrected chi connectivity index (χ4v) is 3.01. The normalized spacial score (nSPS) is 23.8. The molecule has 0 bridgehead atoms. The maximum atomic E-state index is 14.6. The van der Waals surface area contributed by atoms with Crippen molar-refractivity contribution in [1.82, 2.24) is 10.2 Å². The molecule has 2 atom stereocenters. The summed E-state index contributed by atoms with van der Waals surface area (Å²) in [5, 5.41) is 3.30. The second-order valence-corrected chi connectivity index (χ2v) is 8.10. The molecule has 24 heavy (non-hydrogen) atoms. The number of nitrogens with one attached hydrogen (secondary N) is 1. The van der Waals surface area contributed by atoms with Crippen molar-refractivity contribution < 1.29 is 13.9 Å². The van der Waals surface area contributed by atoms with Gasteiger partial charge in [0.25, 0.3) is 0 Å². The third-order valence-electron chi connectivity index (χ3n) is 4.27. The summed E-state index contributed by atoms with van der Waals surface area (Å²) in [6.07, 6.45) is -1.02. The Morgan fingerprint density at radius 3 is 2.54 bits per heavy atom. The van der Waals surface area contributed by atoms with Crippen molar-refractivity contribution >= 4 is 6.09 Å². The molecule has 0 spiro atoms. The van der Waals surface area contributed by atoms with Gasteiger partial charge in [0.05, 0.1) is 6.54 Å². The van der Waals surface area contributed by atoms with Crippen molar-refractivity contribution in [2.24, 2.45) is 0 Å². The molecule has 0 radical (unpaired) electrons. The molecule has 5 heteroatoms. The molecule has 1 amide bonds. The summed E-state index contributed by atoms with van der Waals surface area (Å²) in [6.45, 7) is 10.0. The van der Waals surface area contributed by atoms with Gasteiger partial charge in [0, 0.05) is 18.1 Å². The molecule has 0 aliphatic carbocycles. The van der Waals surface area contributed by atoms with Gasteiger partial charge >= 0.3 is 6.09 Å². The Labute approximate surface area is 144 Å². The van der Waals surface area contributed by atoms with Gasteiger partial charge in [-0.2, -0.15) is 0 Å². The highest BCUT2D eigenvalue weighted by Gasteiger charge is 2.44. The first-order valence-corrected chi connectivity index (χ1v) is 8.50. The summed E-state index contributed by atoms with van der Waals surface area (Å²) in [7, 11) is 0. The molecule has 1 N–H and O–H groups in total. The van der Waals surface area contributed by atoms with Crippen LogP contribution in [-0.2, 0) is 11.3 Å². The average molecular weight is 336 g/mol. The van der Waals surface area contributed by atoms with E-state index in [2.05, 4.69) is 5.32 Å². The van der Waals surface area contributed by atoms with E-state index in [0.717, 1.165) is 5.56 Å². The van der Waals surface area contributed by atoms with Gasteiger partial charge in [-0.15, -0.1) is 0 Å². The van der Waals surface area contributed by atoms with Gasteiger partial charge in [-0.3, -0.25) is 0 Å². The van der Waals surface area contributed by atoms with Crippen LogP contribution in [0.1, 0.15) is 46.6 Å². The standard InChI is InChI=1S/C19H29FN2O2/c1-18(2,3)24-17(23)22-13-15(20)16(11-19(22,4)5)21-12-14-9-7-6-8-10-14/h6-10,15-16,21H,11-13H2,1-5H3. The summed E-state index contributed by atoms with van der Waals surface area (Å²) >= 11 is 0. The van der Waals surface area contributed by atoms with Crippen molar-refractivity contribution in [3.63, 3.8) is 0 Å². The maximum Gasteiger partial charge on any atom is 0.410 e. The first-order valence-electron chi connectivity index (χ1n) is 8.50. The molecule has 134 valence electrons. The predicted molar refractivity (Wildman–Crippen MR) is 93.6 cm³/mol. The molecule has 1 fully saturated rings. The Morgan fingerprint density at radius 2 is 1.96 bits per heavy atom. The number of benzene rings is 1. The summed E-state index contributed by atoms with van der Waals surface area (Å²) in [4.78, 5) is 13.9. The summed E-state index contributed by atoms with van der Waals surface area (Å²) in [5.41, 5.74) is 0.0813. The van der Waals surface area contributed by atoms with Crippen molar-refractivity contribution in [2.75, 3.05) is 6.54 Å². The third kappa shape index (κ3) is 4.94. The van der Waals surface area contributed by atoms with Crippen LogP contribution < -0.4 is 5.32 Å². The van der Waals surface area contributed by atoms with Gasteiger partial charge < -0.3 is 15.0 Å². The van der Waals surface area contributed by atoms with E-state index in [1.807, 2.05) is 65.0 Å². The zero-order valence-corrected chi connectivity index (χ0v) is 15.3. The van der Waals surface area contributed by atoms with Crippen LogP contribution in [-0.4, -0.2) is 40.9 Å². The summed E-state index contributed by atoms with van der Waals surface area (Å²) in [6, 6.07) is 9.66. The summed E-state index contributed by atoms with van der Waals surface area (Å²) < 4.78 is 20.1. The van der Waals surface area contributed by atoms with Crippen LogP contribution in [0.25, 0.3) is 0 Å². The minimum Gasteiger partial charge on any atom is -0.444 e. The maximum absolute atomic E-state index is 14.6. The largest absolute Gasteiger partial charge is 0.444 e. The minimum atomic E-state index is -1.12. The van der Waals surface area contributed by atoms with E-state index in [1.54, 1.807) is 0 Å². The Kier molecular flexibility index (Phi) is 5.53. The van der Waals surface area contributed by atoms with E-state index >= 15 is 0 Å². The molecular weight excluding hydrogens is 307 g/mol. The third-order valence-corrected chi connectivity index (χ3v) is 4.27. The number of carbonyl (C=O) groups is 1. The molecule has 1 heterocycles. The number of rotatable bonds is 3. The number of piperidine rings is 1. The van der Waals surface area contributed by atoms with Gasteiger partial charge in [0.1, 0.15) is 11.8 Å². The Hall–Kier alpha value is -1.62. The molecule has 2 rings (SSSR count). The monoisotopic (exact) mass is 336 g/mol. The van der Waals surface area contributed by atoms with E-state index in [4.69, 9.17) is 4.74 Å². The average Bonchev–Trinajstić information content (AvgIpc) is 2.46. The molecule has 2 unspecified atom stereocenters. The number of alkyl halides is 1. The van der Waals surface area contributed by atoms with E-state index in [1.165, 1.54) is 4.90 Å². The SMILES string of the molecule is CC(C)(C)OC(=O)N1CC(F)C(NCc2ccccc2)CC1(C)C. The van der Waals surface area contributed by atoms with E-state index in [0.29, 0.717) is 13.0 Å². The molecule has 1 saturated heterocycles. The van der Waals surface area contributed by atoms with Crippen LogP contribution >= 0.6 is 0 Å². The van der Waals surface area contributed by atoms with Crippen LogP contribution in [0.3, 0.4) is 0 Å². The highest BCUT2D eigenvalue weighted by Crippen LogP contribution is 2.31. The summed E-state index contributed by atoms with van der Waals surface area (Å²) in [5.74, 6) is 0. The topological polar surface area (TPSA) is 41.6 Å². The highest BCUT2D eigenvalue weighted by atomic mass is 19.1. The fraction of sp³-hybridized carbons (Fsp3) is 0.632. The molecule has 1 aliphatic rings. The number of amides is 1. The van der Waals surface area contributed by atoms with Crippen molar-refractivity contribution in [2.45, 2.75) is 70.9 Å². The highest BCUT2D eigenvalue weighted by molar-refractivity contribution is 5.69. The number of halogens is 1. The lowest BCUT2D eigenvalue weighted by Gasteiger charge is -2.47. The molecule has 0 aromatic heterocycles. The lowest BCUT2D eigenvalue weighted by atomic mass is 9.86. The first kappa shape index (κ1) is 18.7. The number of carbonyl (C=O) groups excluding carboxylic acids is 1. The molecule has 4 nitrogen and oxygen atoms in total. The van der Waals surface area contributed by atoms with Crippen LogP contribution in [0, 0.1) is 0 Å². The molecule has 0 saturated carbocycles. The van der Waals surface area contributed by atoms with Crippen LogP contribution in [0.2, 0.25) is 0 Å². The number of nitrogens with zero attached hydrogens (tertiary/aromatic N) is 1. The van der Waals surface area contributed by atoms with Crippen LogP contribution in [0.5, 0.6) is 0 Å². The second-order valence-electron chi connectivity index (χ2n) is 8.10. The van der Waals surface area contributed by atoms with Crippen molar-refractivity contribution in [3.8, 4) is 0 Å². The molecule has 1 aromatic rings. The van der Waals surface area contributed by atoms with E-state index in [9.17, 15) is 9.18 Å². The van der Waals surface area contributed by atoms with Gasteiger partial charge in [-0.25, -0.2) is 9.18 Å². The Bertz CT molecular complexity index is 554. The lowest BCUT2D eigenvalue weighted by Crippen LogP contribution is -2.62. The molecular formula is C19H29FN2O2. The molecule has 1 aliphatic heterocycles. The quantitative estimate of drug-likeness (QED) is 0.910.